The van der Waals surface area contributed by atoms with E-state index in [9.17, 15) is 10.0 Å². The summed E-state index contributed by atoms with van der Waals surface area (Å²) >= 11 is 1.47. The van der Waals surface area contributed by atoms with Crippen molar-refractivity contribution >= 4 is 27.5 Å². The number of carbonyl (C=O) groups excluding carboxylic acids is 1. The third-order valence-electron chi connectivity index (χ3n) is 3.20. The highest BCUT2D eigenvalue weighted by molar-refractivity contribution is 7.18. The Balaban J connectivity index is 1.65. The molecule has 0 bridgehead atoms. The number of hydrogen-bond acceptors (Lipinski definition) is 3. The molecular weight excluding hydrogens is 284 g/mol. The van der Waals surface area contributed by atoms with Gasteiger partial charge in [0.1, 0.15) is 4.70 Å². The summed E-state index contributed by atoms with van der Waals surface area (Å²) in [5.41, 5.74) is 1.32. The SMILES string of the molecule is O=C(NCCc1sc2ccccc2[n+]1[O-])c1ccccc1. The summed E-state index contributed by atoms with van der Waals surface area (Å²) in [6.07, 6.45) is 0.529. The molecule has 0 atom stereocenters. The van der Waals surface area contributed by atoms with E-state index < -0.39 is 0 Å². The van der Waals surface area contributed by atoms with E-state index in [0.29, 0.717) is 29.1 Å². The summed E-state index contributed by atoms with van der Waals surface area (Å²) in [7, 11) is 0. The number of nitrogens with zero attached hydrogens (tertiary/aromatic N) is 1. The lowest BCUT2D eigenvalue weighted by atomic mass is 10.2. The Morgan fingerprint density at radius 1 is 1.10 bits per heavy atom. The molecule has 0 radical (unpaired) electrons. The van der Waals surface area contributed by atoms with Crippen molar-refractivity contribution in [3.8, 4) is 0 Å². The van der Waals surface area contributed by atoms with Gasteiger partial charge in [-0.2, -0.15) is 4.73 Å². The Labute approximate surface area is 126 Å². The van der Waals surface area contributed by atoms with Crippen LogP contribution in [-0.2, 0) is 6.42 Å². The van der Waals surface area contributed by atoms with Crippen LogP contribution in [0.15, 0.2) is 54.6 Å². The van der Waals surface area contributed by atoms with Gasteiger partial charge in [0.2, 0.25) is 5.52 Å². The van der Waals surface area contributed by atoms with E-state index >= 15 is 0 Å². The highest BCUT2D eigenvalue weighted by Crippen LogP contribution is 2.19. The van der Waals surface area contributed by atoms with Crippen LogP contribution in [0.1, 0.15) is 15.4 Å². The molecule has 3 aromatic rings. The first-order valence-electron chi connectivity index (χ1n) is 6.69. The number of carbonyl (C=O) groups is 1. The first-order chi connectivity index (χ1) is 10.3. The number of para-hydroxylation sites is 1. The van der Waals surface area contributed by atoms with Crippen LogP contribution < -0.4 is 10.0 Å². The van der Waals surface area contributed by atoms with E-state index in [1.807, 2.05) is 42.5 Å². The number of thiazole rings is 1. The molecule has 0 saturated heterocycles. The van der Waals surface area contributed by atoms with Crippen LogP contribution >= 0.6 is 11.3 Å². The molecule has 106 valence electrons. The zero-order chi connectivity index (χ0) is 14.7. The van der Waals surface area contributed by atoms with Crippen molar-refractivity contribution in [2.24, 2.45) is 0 Å². The van der Waals surface area contributed by atoms with Gasteiger partial charge in [-0.3, -0.25) is 4.79 Å². The Morgan fingerprint density at radius 2 is 1.81 bits per heavy atom. The maximum Gasteiger partial charge on any atom is 0.251 e. The normalized spacial score (nSPS) is 10.7. The fraction of sp³-hybridized carbons (Fsp3) is 0.125. The van der Waals surface area contributed by atoms with Gasteiger partial charge in [0, 0.05) is 18.2 Å². The third-order valence-corrected chi connectivity index (χ3v) is 4.37. The quantitative estimate of drug-likeness (QED) is 0.594. The highest BCUT2D eigenvalue weighted by atomic mass is 32.1. The largest absolute Gasteiger partial charge is 0.617 e. The summed E-state index contributed by atoms with van der Waals surface area (Å²) in [5, 5.41) is 15.6. The Morgan fingerprint density at radius 3 is 2.57 bits per heavy atom. The summed E-state index contributed by atoms with van der Waals surface area (Å²) in [6, 6.07) is 16.6. The molecule has 0 aliphatic carbocycles. The van der Waals surface area contributed by atoms with E-state index in [1.54, 1.807) is 12.1 Å². The molecule has 2 aromatic carbocycles. The van der Waals surface area contributed by atoms with Crippen LogP contribution in [0.2, 0.25) is 0 Å². The molecule has 1 amide bonds. The van der Waals surface area contributed by atoms with Crippen molar-refractivity contribution in [2.75, 3.05) is 6.54 Å². The summed E-state index contributed by atoms with van der Waals surface area (Å²) in [6.45, 7) is 0.447. The minimum Gasteiger partial charge on any atom is -0.617 e. The maximum atomic E-state index is 12.1. The molecule has 0 spiro atoms. The average molecular weight is 298 g/mol. The van der Waals surface area contributed by atoms with Crippen LogP contribution in [0.5, 0.6) is 0 Å². The zero-order valence-corrected chi connectivity index (χ0v) is 12.1. The van der Waals surface area contributed by atoms with E-state index in [2.05, 4.69) is 5.32 Å². The van der Waals surface area contributed by atoms with Gasteiger partial charge in [0.05, 0.1) is 6.42 Å². The van der Waals surface area contributed by atoms with Gasteiger partial charge in [0.25, 0.3) is 10.9 Å². The van der Waals surface area contributed by atoms with Crippen LogP contribution in [0, 0.1) is 5.21 Å². The smallest absolute Gasteiger partial charge is 0.251 e. The van der Waals surface area contributed by atoms with Crippen molar-refractivity contribution in [3.05, 3.63) is 70.4 Å². The van der Waals surface area contributed by atoms with Crippen molar-refractivity contribution < 1.29 is 9.52 Å². The molecular formula is C16H14N2O2S. The minimum atomic E-state index is -0.117. The zero-order valence-electron chi connectivity index (χ0n) is 11.3. The fourth-order valence-corrected chi connectivity index (χ4v) is 3.18. The number of nitrogens with one attached hydrogen (secondary N) is 1. The highest BCUT2D eigenvalue weighted by Gasteiger charge is 2.15. The molecule has 1 heterocycles. The van der Waals surface area contributed by atoms with Crippen molar-refractivity contribution in [1.82, 2.24) is 5.32 Å². The van der Waals surface area contributed by atoms with Crippen molar-refractivity contribution in [3.63, 3.8) is 0 Å². The van der Waals surface area contributed by atoms with E-state index in [0.717, 1.165) is 9.43 Å². The molecule has 1 aromatic heterocycles. The van der Waals surface area contributed by atoms with Gasteiger partial charge >= 0.3 is 0 Å². The van der Waals surface area contributed by atoms with Gasteiger partial charge < -0.3 is 10.5 Å². The summed E-state index contributed by atoms with van der Waals surface area (Å²) in [4.78, 5) is 11.9. The lowest BCUT2D eigenvalue weighted by Gasteiger charge is -2.03. The maximum absolute atomic E-state index is 12.1. The topological polar surface area (TPSA) is 56.0 Å². The molecule has 1 N–H and O–H groups in total. The second-order valence-electron chi connectivity index (χ2n) is 4.63. The Hall–Kier alpha value is -2.40. The molecule has 21 heavy (non-hydrogen) atoms. The summed E-state index contributed by atoms with van der Waals surface area (Å²) < 4.78 is 1.92. The molecule has 5 heteroatoms. The number of benzene rings is 2. The molecule has 3 rings (SSSR count). The van der Waals surface area contributed by atoms with E-state index in [-0.39, 0.29) is 5.91 Å². The number of hydrogen-bond donors (Lipinski definition) is 1. The number of fused-ring (bicyclic) bond motifs is 1. The van der Waals surface area contributed by atoms with E-state index in [4.69, 9.17) is 0 Å². The number of aromatic nitrogens is 1. The van der Waals surface area contributed by atoms with E-state index in [1.165, 1.54) is 11.3 Å². The minimum absolute atomic E-state index is 0.117. The number of amides is 1. The molecule has 0 aliphatic rings. The van der Waals surface area contributed by atoms with Crippen LogP contribution in [0.25, 0.3) is 10.2 Å². The fourth-order valence-electron chi connectivity index (χ4n) is 2.14. The average Bonchev–Trinajstić information content (AvgIpc) is 2.85. The van der Waals surface area contributed by atoms with Crippen LogP contribution in [0.4, 0.5) is 0 Å². The molecule has 0 unspecified atom stereocenters. The summed E-state index contributed by atoms with van der Waals surface area (Å²) in [5.74, 6) is -0.117. The predicted molar refractivity (Wildman–Crippen MR) is 83.3 cm³/mol. The lowest BCUT2D eigenvalue weighted by Crippen LogP contribution is -2.32. The standard InChI is InChI=1S/C16H14N2O2S/c19-16(12-6-2-1-3-7-12)17-11-10-15-18(20)13-8-4-5-9-14(13)21-15/h1-9H,10-11H2,(H,17,19). The molecule has 0 fully saturated rings. The first kappa shape index (κ1) is 13.6. The van der Waals surface area contributed by atoms with Crippen LogP contribution in [-0.4, -0.2) is 12.5 Å². The van der Waals surface area contributed by atoms with Crippen molar-refractivity contribution in [1.29, 1.82) is 0 Å². The monoisotopic (exact) mass is 298 g/mol. The van der Waals surface area contributed by atoms with Gasteiger partial charge in [-0.15, -0.1) is 0 Å². The lowest BCUT2D eigenvalue weighted by molar-refractivity contribution is -0.580. The van der Waals surface area contributed by atoms with Gasteiger partial charge in [0.15, 0.2) is 0 Å². The van der Waals surface area contributed by atoms with Gasteiger partial charge in [-0.05, 0) is 18.2 Å². The molecule has 0 saturated carbocycles. The second-order valence-corrected chi connectivity index (χ2v) is 5.75. The molecule has 4 nitrogen and oxygen atoms in total. The van der Waals surface area contributed by atoms with Crippen LogP contribution in [0.3, 0.4) is 0 Å². The predicted octanol–water partition coefficient (Wildman–Crippen LogP) is 2.51. The Bertz CT molecular complexity index is 768. The Kier molecular flexibility index (Phi) is 3.83. The third kappa shape index (κ3) is 2.87. The number of rotatable bonds is 4. The molecule has 0 aliphatic heterocycles. The van der Waals surface area contributed by atoms with Gasteiger partial charge in [-0.1, -0.05) is 41.7 Å². The van der Waals surface area contributed by atoms with Gasteiger partial charge in [-0.25, -0.2) is 0 Å². The van der Waals surface area contributed by atoms with Crippen molar-refractivity contribution in [2.45, 2.75) is 6.42 Å². The second kappa shape index (κ2) is 5.93. The first-order valence-corrected chi connectivity index (χ1v) is 7.50.